The van der Waals surface area contributed by atoms with Crippen LogP contribution < -0.4 is 0 Å². The fourth-order valence-corrected chi connectivity index (χ4v) is 4.36. The van der Waals surface area contributed by atoms with Gasteiger partial charge < -0.3 is 10.2 Å². The van der Waals surface area contributed by atoms with E-state index in [0.717, 1.165) is 24.0 Å². The first-order chi connectivity index (χ1) is 11.5. The van der Waals surface area contributed by atoms with Gasteiger partial charge in [0.2, 0.25) is 5.78 Å². The molecular formula is C20H20O4. The first kappa shape index (κ1) is 15.2. The molecule has 0 saturated carbocycles. The number of fused-ring (bicyclic) bond motifs is 2. The topological polar surface area (TPSA) is 74.6 Å². The van der Waals surface area contributed by atoms with Crippen LogP contribution in [-0.2, 0) is 9.59 Å². The highest BCUT2D eigenvalue weighted by Crippen LogP contribution is 2.46. The Morgan fingerprint density at radius 3 is 2.75 bits per heavy atom. The molecule has 0 fully saturated rings. The summed E-state index contributed by atoms with van der Waals surface area (Å²) in [4.78, 5) is 25.2. The molecule has 0 aliphatic heterocycles. The summed E-state index contributed by atoms with van der Waals surface area (Å²) in [5, 5.41) is 20.9. The first-order valence-corrected chi connectivity index (χ1v) is 8.57. The van der Waals surface area contributed by atoms with Crippen molar-refractivity contribution in [2.24, 2.45) is 11.8 Å². The number of hydrogen-bond acceptors (Lipinski definition) is 4. The minimum absolute atomic E-state index is 0.0799. The van der Waals surface area contributed by atoms with Gasteiger partial charge in [-0.3, -0.25) is 9.59 Å². The number of aliphatic hydroxyl groups is 2. The second-order valence-corrected chi connectivity index (χ2v) is 6.93. The molecule has 0 radical (unpaired) electrons. The summed E-state index contributed by atoms with van der Waals surface area (Å²) in [6.45, 7) is 2.08. The normalized spacial score (nSPS) is 29.5. The molecule has 4 aliphatic rings. The second kappa shape index (κ2) is 5.33. The molecule has 0 bridgehead atoms. The predicted octanol–water partition coefficient (Wildman–Crippen LogP) is 3.79. The number of carbonyl (C=O) groups is 2. The lowest BCUT2D eigenvalue weighted by Gasteiger charge is -2.35. The second-order valence-electron chi connectivity index (χ2n) is 6.93. The van der Waals surface area contributed by atoms with Gasteiger partial charge in [-0.05, 0) is 36.3 Å². The maximum Gasteiger partial charge on any atom is 0.200 e. The fraction of sp³-hybridized carbons (Fsp3) is 0.400. The van der Waals surface area contributed by atoms with E-state index in [2.05, 4.69) is 6.92 Å². The first-order valence-electron chi connectivity index (χ1n) is 8.57. The largest absolute Gasteiger partial charge is 0.512 e. The average Bonchev–Trinajstić information content (AvgIpc) is 2.56. The van der Waals surface area contributed by atoms with E-state index >= 15 is 0 Å². The van der Waals surface area contributed by atoms with Crippen LogP contribution in [0, 0.1) is 11.8 Å². The van der Waals surface area contributed by atoms with Crippen molar-refractivity contribution < 1.29 is 19.8 Å². The van der Waals surface area contributed by atoms with Crippen molar-refractivity contribution in [1.82, 2.24) is 0 Å². The highest BCUT2D eigenvalue weighted by atomic mass is 16.3. The van der Waals surface area contributed by atoms with Crippen LogP contribution >= 0.6 is 0 Å². The Kier molecular flexibility index (Phi) is 3.37. The van der Waals surface area contributed by atoms with Crippen molar-refractivity contribution in [3.05, 3.63) is 57.6 Å². The van der Waals surface area contributed by atoms with Gasteiger partial charge in [0.05, 0.1) is 17.1 Å². The van der Waals surface area contributed by atoms with E-state index in [1.807, 2.05) is 6.08 Å². The summed E-state index contributed by atoms with van der Waals surface area (Å²) in [5.74, 6) is -0.309. The highest BCUT2D eigenvalue weighted by molar-refractivity contribution is 6.16. The molecule has 4 rings (SSSR count). The van der Waals surface area contributed by atoms with Gasteiger partial charge in [-0.2, -0.15) is 0 Å². The van der Waals surface area contributed by atoms with E-state index in [-0.39, 0.29) is 40.5 Å². The third kappa shape index (κ3) is 1.98. The summed E-state index contributed by atoms with van der Waals surface area (Å²) in [6.07, 6.45) is 8.47. The van der Waals surface area contributed by atoms with Crippen molar-refractivity contribution in [3.8, 4) is 0 Å². The van der Waals surface area contributed by atoms with Crippen molar-refractivity contribution in [2.45, 2.75) is 39.0 Å². The Bertz CT molecular complexity index is 817. The van der Waals surface area contributed by atoms with Gasteiger partial charge in [-0.25, -0.2) is 0 Å². The SMILES string of the molecule is CC[C@@H]1CCC(O)=C2C(=O)C3=C(C=C21)CC1C(=O)CC=CC1=C3O. The number of aliphatic hydroxyl groups excluding tert-OH is 2. The van der Waals surface area contributed by atoms with Gasteiger partial charge in [0.25, 0.3) is 0 Å². The van der Waals surface area contributed by atoms with Crippen molar-refractivity contribution in [2.75, 3.05) is 0 Å². The molecular weight excluding hydrogens is 304 g/mol. The Balaban J connectivity index is 1.91. The van der Waals surface area contributed by atoms with E-state index in [1.165, 1.54) is 0 Å². The third-order valence-electron chi connectivity index (χ3n) is 5.66. The van der Waals surface area contributed by atoms with Crippen LogP contribution in [0.4, 0.5) is 0 Å². The number of ketones is 2. The Hall–Kier alpha value is -2.36. The van der Waals surface area contributed by atoms with Gasteiger partial charge in [0, 0.05) is 18.4 Å². The molecule has 0 amide bonds. The smallest absolute Gasteiger partial charge is 0.200 e. The summed E-state index contributed by atoms with van der Waals surface area (Å²) in [7, 11) is 0. The maximum atomic E-state index is 13.0. The zero-order valence-electron chi connectivity index (χ0n) is 13.6. The molecule has 0 heterocycles. The van der Waals surface area contributed by atoms with Crippen molar-refractivity contribution >= 4 is 11.6 Å². The Labute approximate surface area is 140 Å². The molecule has 4 heteroatoms. The molecule has 4 nitrogen and oxygen atoms in total. The van der Waals surface area contributed by atoms with E-state index in [9.17, 15) is 19.8 Å². The van der Waals surface area contributed by atoms with Gasteiger partial charge >= 0.3 is 0 Å². The number of Topliss-reactive ketones (excluding diaryl/α,β-unsaturated/α-hetero) is 2. The zero-order chi connectivity index (χ0) is 17.0. The van der Waals surface area contributed by atoms with Gasteiger partial charge in [0.15, 0.2) is 0 Å². The van der Waals surface area contributed by atoms with Crippen molar-refractivity contribution in [3.63, 3.8) is 0 Å². The van der Waals surface area contributed by atoms with Gasteiger partial charge in [0.1, 0.15) is 17.3 Å². The van der Waals surface area contributed by atoms with Crippen LogP contribution in [0.5, 0.6) is 0 Å². The number of rotatable bonds is 1. The molecule has 124 valence electrons. The number of carbonyl (C=O) groups excluding carboxylic acids is 2. The van der Waals surface area contributed by atoms with E-state index in [1.54, 1.807) is 12.2 Å². The molecule has 0 aromatic carbocycles. The van der Waals surface area contributed by atoms with Gasteiger partial charge in [-0.15, -0.1) is 0 Å². The summed E-state index contributed by atoms with van der Waals surface area (Å²) >= 11 is 0. The lowest BCUT2D eigenvalue weighted by molar-refractivity contribution is -0.121. The minimum atomic E-state index is -0.360. The van der Waals surface area contributed by atoms with E-state index < -0.39 is 0 Å². The average molecular weight is 324 g/mol. The fourth-order valence-electron chi connectivity index (χ4n) is 4.36. The molecule has 0 spiro atoms. The molecule has 24 heavy (non-hydrogen) atoms. The quantitative estimate of drug-likeness (QED) is 0.769. The molecule has 4 aliphatic carbocycles. The summed E-state index contributed by atoms with van der Waals surface area (Å²) in [6, 6.07) is 0. The number of allylic oxidation sites excluding steroid dienone is 9. The van der Waals surface area contributed by atoms with Crippen LogP contribution in [0.25, 0.3) is 0 Å². The van der Waals surface area contributed by atoms with Crippen molar-refractivity contribution in [1.29, 1.82) is 0 Å². The third-order valence-corrected chi connectivity index (χ3v) is 5.66. The minimum Gasteiger partial charge on any atom is -0.512 e. The molecule has 0 aromatic heterocycles. The molecule has 0 aromatic rings. The molecule has 2 atom stereocenters. The zero-order valence-corrected chi connectivity index (χ0v) is 13.6. The predicted molar refractivity (Wildman–Crippen MR) is 89.3 cm³/mol. The van der Waals surface area contributed by atoms with Crippen LogP contribution in [0.1, 0.15) is 39.0 Å². The maximum absolute atomic E-state index is 13.0. The van der Waals surface area contributed by atoms with Crippen LogP contribution in [-0.4, -0.2) is 21.8 Å². The molecule has 1 unspecified atom stereocenters. The standard InChI is InChI=1S/C20H20O4/c1-2-10-6-7-16(22)18-13(10)8-11-9-14-12(4-3-5-15(14)21)19(23)17(11)20(18)24/h3-4,8,10,14,22-23H,2,5-7,9H2,1H3/t10-,14?/m1/s1. The van der Waals surface area contributed by atoms with Crippen LogP contribution in [0.2, 0.25) is 0 Å². The van der Waals surface area contributed by atoms with Crippen LogP contribution in [0.15, 0.2) is 57.6 Å². The summed E-state index contributed by atoms with van der Waals surface area (Å²) < 4.78 is 0. The molecule has 0 saturated heterocycles. The van der Waals surface area contributed by atoms with E-state index in [0.29, 0.717) is 30.4 Å². The number of hydrogen-bond donors (Lipinski definition) is 2. The monoisotopic (exact) mass is 324 g/mol. The Morgan fingerprint density at radius 1 is 1.21 bits per heavy atom. The Morgan fingerprint density at radius 2 is 2.00 bits per heavy atom. The molecule has 2 N–H and O–H groups in total. The summed E-state index contributed by atoms with van der Waals surface area (Å²) in [5.41, 5.74) is 2.78. The van der Waals surface area contributed by atoms with E-state index in [4.69, 9.17) is 0 Å². The lowest BCUT2D eigenvalue weighted by Crippen LogP contribution is -2.31. The highest BCUT2D eigenvalue weighted by Gasteiger charge is 2.41. The lowest BCUT2D eigenvalue weighted by atomic mass is 9.68. The van der Waals surface area contributed by atoms with Gasteiger partial charge in [-0.1, -0.05) is 25.2 Å². The van der Waals surface area contributed by atoms with Crippen LogP contribution in [0.3, 0.4) is 0 Å².